The van der Waals surface area contributed by atoms with E-state index in [1.165, 1.54) is 45.2 Å². The average molecular weight is 283 g/mol. The number of nitrogens with zero attached hydrogens (tertiary/aromatic N) is 2. The lowest BCUT2D eigenvalue weighted by Gasteiger charge is -2.43. The summed E-state index contributed by atoms with van der Waals surface area (Å²) in [4.78, 5) is 5.13. The Balaban J connectivity index is 1.79. The highest BCUT2D eigenvalue weighted by molar-refractivity contribution is 4.88. The number of piperidine rings is 2. The summed E-state index contributed by atoms with van der Waals surface area (Å²) in [6.07, 6.45) is 8.76. The molecule has 2 unspecified atom stereocenters. The van der Waals surface area contributed by atoms with Crippen LogP contribution in [-0.4, -0.2) is 65.8 Å². The predicted octanol–water partition coefficient (Wildman–Crippen LogP) is 1.43. The van der Waals surface area contributed by atoms with Gasteiger partial charge in [-0.1, -0.05) is 19.8 Å². The van der Waals surface area contributed by atoms with Gasteiger partial charge in [0.25, 0.3) is 0 Å². The van der Waals surface area contributed by atoms with Crippen LogP contribution >= 0.6 is 0 Å². The van der Waals surface area contributed by atoms with Crippen LogP contribution in [0.25, 0.3) is 0 Å². The van der Waals surface area contributed by atoms with Gasteiger partial charge in [0.05, 0.1) is 6.61 Å². The van der Waals surface area contributed by atoms with Gasteiger partial charge in [-0.2, -0.15) is 0 Å². The standard InChI is InChI=1S/C16H33N3O/c1-2-6-15(17)16(13-20)19-11-7-14(8-12-19)18-9-4-3-5-10-18/h14-16,20H,2-13,17H2,1H3. The molecule has 0 bridgehead atoms. The molecule has 20 heavy (non-hydrogen) atoms. The molecule has 2 fully saturated rings. The Hall–Kier alpha value is -0.160. The summed E-state index contributed by atoms with van der Waals surface area (Å²) >= 11 is 0. The van der Waals surface area contributed by atoms with Gasteiger partial charge in [0, 0.05) is 31.2 Å². The van der Waals surface area contributed by atoms with E-state index in [4.69, 9.17) is 5.73 Å². The number of nitrogens with two attached hydrogens (primary N) is 1. The van der Waals surface area contributed by atoms with Crippen LogP contribution in [0.5, 0.6) is 0 Å². The summed E-state index contributed by atoms with van der Waals surface area (Å²) in [6, 6.07) is 1.06. The fourth-order valence-corrected chi connectivity index (χ4v) is 3.91. The lowest BCUT2D eigenvalue weighted by Crippen LogP contribution is -2.55. The molecule has 4 heteroatoms. The monoisotopic (exact) mass is 283 g/mol. The Morgan fingerprint density at radius 3 is 2.30 bits per heavy atom. The van der Waals surface area contributed by atoms with Gasteiger partial charge in [0.1, 0.15) is 0 Å². The number of likely N-dealkylation sites (tertiary alicyclic amines) is 2. The van der Waals surface area contributed by atoms with Gasteiger partial charge < -0.3 is 15.7 Å². The molecule has 2 rings (SSSR count). The van der Waals surface area contributed by atoms with Crippen LogP contribution in [0.2, 0.25) is 0 Å². The SMILES string of the molecule is CCCC(N)C(CO)N1CCC(N2CCCCC2)CC1. The summed E-state index contributed by atoms with van der Waals surface area (Å²) in [7, 11) is 0. The van der Waals surface area contributed by atoms with Crippen LogP contribution in [0, 0.1) is 0 Å². The van der Waals surface area contributed by atoms with Crippen molar-refractivity contribution in [1.29, 1.82) is 0 Å². The van der Waals surface area contributed by atoms with E-state index in [1.807, 2.05) is 0 Å². The molecule has 0 aromatic heterocycles. The quantitative estimate of drug-likeness (QED) is 0.774. The molecule has 2 atom stereocenters. The van der Waals surface area contributed by atoms with Gasteiger partial charge in [0.15, 0.2) is 0 Å². The molecule has 0 spiro atoms. The minimum atomic E-state index is 0.122. The smallest absolute Gasteiger partial charge is 0.0601 e. The fourth-order valence-electron chi connectivity index (χ4n) is 3.91. The first-order chi connectivity index (χ1) is 9.76. The zero-order valence-corrected chi connectivity index (χ0v) is 13.1. The van der Waals surface area contributed by atoms with E-state index in [0.29, 0.717) is 0 Å². The molecule has 2 heterocycles. The van der Waals surface area contributed by atoms with Gasteiger partial charge in [0.2, 0.25) is 0 Å². The first-order valence-corrected chi connectivity index (χ1v) is 8.60. The van der Waals surface area contributed by atoms with Crippen LogP contribution < -0.4 is 5.73 Å². The summed E-state index contributed by atoms with van der Waals surface area (Å²) in [5, 5.41) is 9.66. The summed E-state index contributed by atoms with van der Waals surface area (Å²) in [5.74, 6) is 0. The summed E-state index contributed by atoms with van der Waals surface area (Å²) < 4.78 is 0. The van der Waals surface area contributed by atoms with E-state index in [-0.39, 0.29) is 18.7 Å². The topological polar surface area (TPSA) is 52.7 Å². The molecule has 0 aromatic rings. The molecular weight excluding hydrogens is 250 g/mol. The molecule has 2 aliphatic heterocycles. The van der Waals surface area contributed by atoms with Gasteiger partial charge in [-0.05, 0) is 45.2 Å². The number of hydrogen-bond donors (Lipinski definition) is 2. The van der Waals surface area contributed by atoms with Crippen molar-refractivity contribution in [2.45, 2.75) is 70.0 Å². The Labute approximate surface area is 124 Å². The van der Waals surface area contributed by atoms with Crippen molar-refractivity contribution >= 4 is 0 Å². The van der Waals surface area contributed by atoms with E-state index < -0.39 is 0 Å². The first-order valence-electron chi connectivity index (χ1n) is 8.60. The van der Waals surface area contributed by atoms with Crippen molar-refractivity contribution in [2.75, 3.05) is 32.8 Å². The van der Waals surface area contributed by atoms with Gasteiger partial charge in [-0.3, -0.25) is 4.90 Å². The molecule has 2 aliphatic rings. The number of hydrogen-bond acceptors (Lipinski definition) is 4. The summed E-state index contributed by atoms with van der Waals surface area (Å²) in [6.45, 7) is 7.16. The third-order valence-electron chi connectivity index (χ3n) is 5.18. The van der Waals surface area contributed by atoms with Crippen molar-refractivity contribution in [2.24, 2.45) is 5.73 Å². The maximum atomic E-state index is 9.66. The molecule has 0 aromatic carbocycles. The lowest BCUT2D eigenvalue weighted by atomic mass is 9.96. The largest absolute Gasteiger partial charge is 0.395 e. The molecule has 3 N–H and O–H groups in total. The van der Waals surface area contributed by atoms with Gasteiger partial charge in [-0.15, -0.1) is 0 Å². The second kappa shape index (κ2) is 8.32. The molecular formula is C16H33N3O. The number of rotatable bonds is 6. The van der Waals surface area contributed by atoms with E-state index in [0.717, 1.165) is 32.0 Å². The molecule has 4 nitrogen and oxygen atoms in total. The predicted molar refractivity (Wildman–Crippen MR) is 83.8 cm³/mol. The highest BCUT2D eigenvalue weighted by Crippen LogP contribution is 2.22. The lowest BCUT2D eigenvalue weighted by molar-refractivity contribution is 0.0424. The third kappa shape index (κ3) is 4.17. The Bertz CT molecular complexity index is 260. The highest BCUT2D eigenvalue weighted by atomic mass is 16.3. The van der Waals surface area contributed by atoms with Crippen molar-refractivity contribution < 1.29 is 5.11 Å². The fraction of sp³-hybridized carbons (Fsp3) is 1.00. The molecule has 2 saturated heterocycles. The number of aliphatic hydroxyl groups is 1. The second-order valence-electron chi connectivity index (χ2n) is 6.57. The van der Waals surface area contributed by atoms with Crippen molar-refractivity contribution in [3.8, 4) is 0 Å². The minimum absolute atomic E-state index is 0.122. The molecule has 118 valence electrons. The molecule has 0 aliphatic carbocycles. The molecule has 0 radical (unpaired) electrons. The first kappa shape index (κ1) is 16.2. The Morgan fingerprint density at radius 1 is 1.10 bits per heavy atom. The van der Waals surface area contributed by atoms with Crippen molar-refractivity contribution in [3.63, 3.8) is 0 Å². The van der Waals surface area contributed by atoms with Crippen molar-refractivity contribution in [3.05, 3.63) is 0 Å². The zero-order chi connectivity index (χ0) is 14.4. The van der Waals surface area contributed by atoms with E-state index in [2.05, 4.69) is 16.7 Å². The van der Waals surface area contributed by atoms with Gasteiger partial charge >= 0.3 is 0 Å². The zero-order valence-electron chi connectivity index (χ0n) is 13.1. The maximum Gasteiger partial charge on any atom is 0.0601 e. The van der Waals surface area contributed by atoms with Crippen LogP contribution in [-0.2, 0) is 0 Å². The Morgan fingerprint density at radius 2 is 1.75 bits per heavy atom. The van der Waals surface area contributed by atoms with E-state index in [9.17, 15) is 5.11 Å². The normalized spacial score (nSPS) is 26.6. The van der Waals surface area contributed by atoms with Crippen molar-refractivity contribution in [1.82, 2.24) is 9.80 Å². The van der Waals surface area contributed by atoms with Crippen LogP contribution in [0.4, 0.5) is 0 Å². The van der Waals surface area contributed by atoms with E-state index in [1.54, 1.807) is 0 Å². The van der Waals surface area contributed by atoms with E-state index >= 15 is 0 Å². The van der Waals surface area contributed by atoms with Crippen LogP contribution in [0.1, 0.15) is 51.9 Å². The molecule has 0 amide bonds. The molecule has 0 saturated carbocycles. The Kier molecular flexibility index (Phi) is 6.75. The maximum absolute atomic E-state index is 9.66. The number of aliphatic hydroxyl groups excluding tert-OH is 1. The minimum Gasteiger partial charge on any atom is -0.395 e. The third-order valence-corrected chi connectivity index (χ3v) is 5.18. The van der Waals surface area contributed by atoms with Crippen LogP contribution in [0.3, 0.4) is 0 Å². The average Bonchev–Trinajstić information content (AvgIpc) is 2.50. The highest BCUT2D eigenvalue weighted by Gasteiger charge is 2.30. The van der Waals surface area contributed by atoms with Crippen LogP contribution in [0.15, 0.2) is 0 Å². The second-order valence-corrected chi connectivity index (χ2v) is 6.57. The van der Waals surface area contributed by atoms with Gasteiger partial charge in [-0.25, -0.2) is 0 Å². The summed E-state index contributed by atoms with van der Waals surface area (Å²) in [5.41, 5.74) is 6.24.